The molecule has 1 aliphatic heterocycles. The summed E-state index contributed by atoms with van der Waals surface area (Å²) in [5.41, 5.74) is 2.65. The van der Waals surface area contributed by atoms with E-state index in [4.69, 9.17) is 4.74 Å². The zero-order valence-corrected chi connectivity index (χ0v) is 14.4. The normalized spacial score (nSPS) is 15.3. The molecule has 0 atom stereocenters. The smallest absolute Gasteiger partial charge is 0.410 e. The number of hydrogen-bond donors (Lipinski definition) is 1. The number of fused-ring (bicyclic) bond motifs is 1. The van der Waals surface area contributed by atoms with Gasteiger partial charge in [0, 0.05) is 19.1 Å². The number of carbonyl (C=O) groups excluding carboxylic acids is 1. The van der Waals surface area contributed by atoms with Crippen LogP contribution in [0, 0.1) is 0 Å². The van der Waals surface area contributed by atoms with Crippen molar-refractivity contribution < 1.29 is 9.53 Å². The van der Waals surface area contributed by atoms with Crippen LogP contribution in [0.2, 0.25) is 0 Å². The molecular formula is C20H21N3O3. The number of aromatic amines is 1. The number of H-pyrrole nitrogens is 1. The summed E-state index contributed by atoms with van der Waals surface area (Å²) in [7, 11) is 0. The molecule has 0 bridgehead atoms. The van der Waals surface area contributed by atoms with Gasteiger partial charge >= 0.3 is 11.8 Å². The van der Waals surface area contributed by atoms with Crippen LogP contribution < -0.4 is 5.69 Å². The standard InChI is InChI=1S/C20H21N3O3/c24-19-21-17-8-4-5-9-18(17)23(19)16-10-12-22(13-11-16)20(25)26-14-15-6-2-1-3-7-15/h1-9,16H,10-14H2,(H,21,24). The third kappa shape index (κ3) is 3.22. The largest absolute Gasteiger partial charge is 0.445 e. The number of piperidine rings is 1. The molecule has 2 aromatic carbocycles. The summed E-state index contributed by atoms with van der Waals surface area (Å²) in [5.74, 6) is 0. The Hall–Kier alpha value is -3.02. The molecule has 0 unspecified atom stereocenters. The molecule has 4 rings (SSSR count). The Balaban J connectivity index is 1.38. The van der Waals surface area contributed by atoms with Crippen LogP contribution in [0.1, 0.15) is 24.4 Å². The minimum atomic E-state index is -0.293. The predicted octanol–water partition coefficient (Wildman–Crippen LogP) is 3.30. The average Bonchev–Trinajstić information content (AvgIpc) is 3.03. The first kappa shape index (κ1) is 16.4. The Bertz CT molecular complexity index is 953. The molecule has 1 fully saturated rings. The van der Waals surface area contributed by atoms with Crippen molar-refractivity contribution in [3.63, 3.8) is 0 Å². The summed E-state index contributed by atoms with van der Waals surface area (Å²) in [6, 6.07) is 17.4. The molecule has 3 aromatic rings. The van der Waals surface area contributed by atoms with Crippen LogP contribution in [0.15, 0.2) is 59.4 Å². The van der Waals surface area contributed by atoms with Crippen LogP contribution in [0.25, 0.3) is 11.0 Å². The van der Waals surface area contributed by atoms with Crippen molar-refractivity contribution in [2.75, 3.05) is 13.1 Å². The van der Waals surface area contributed by atoms with E-state index in [1.165, 1.54) is 0 Å². The Morgan fingerprint density at radius 1 is 1.04 bits per heavy atom. The van der Waals surface area contributed by atoms with Crippen LogP contribution >= 0.6 is 0 Å². The summed E-state index contributed by atoms with van der Waals surface area (Å²) in [4.78, 5) is 29.2. The van der Waals surface area contributed by atoms with E-state index < -0.39 is 0 Å². The maximum absolute atomic E-state index is 12.3. The van der Waals surface area contributed by atoms with Crippen LogP contribution in [-0.2, 0) is 11.3 Å². The van der Waals surface area contributed by atoms with Crippen molar-refractivity contribution in [3.05, 3.63) is 70.6 Å². The average molecular weight is 351 g/mol. The molecule has 1 N–H and O–H groups in total. The highest BCUT2D eigenvalue weighted by molar-refractivity contribution is 5.75. The highest BCUT2D eigenvalue weighted by Gasteiger charge is 2.26. The number of likely N-dealkylation sites (tertiary alicyclic amines) is 1. The first-order valence-corrected chi connectivity index (χ1v) is 8.87. The zero-order chi connectivity index (χ0) is 17.9. The SMILES string of the molecule is O=C(OCc1ccccc1)N1CCC(n2c(=O)[nH]c3ccccc32)CC1. The van der Waals surface area contributed by atoms with Gasteiger partial charge in [0.2, 0.25) is 0 Å². The van der Waals surface area contributed by atoms with Crippen molar-refractivity contribution in [2.45, 2.75) is 25.5 Å². The molecule has 1 amide bonds. The number of nitrogens with zero attached hydrogens (tertiary/aromatic N) is 2. The monoisotopic (exact) mass is 351 g/mol. The van der Waals surface area contributed by atoms with Gasteiger partial charge in [-0.3, -0.25) is 4.57 Å². The number of aromatic nitrogens is 2. The van der Waals surface area contributed by atoms with Gasteiger partial charge in [0.25, 0.3) is 0 Å². The number of carbonyl (C=O) groups is 1. The van der Waals surface area contributed by atoms with Crippen LogP contribution in [0.5, 0.6) is 0 Å². The minimum absolute atomic E-state index is 0.0868. The van der Waals surface area contributed by atoms with Crippen LogP contribution in [0.4, 0.5) is 4.79 Å². The molecule has 1 aromatic heterocycles. The molecule has 6 heteroatoms. The highest BCUT2D eigenvalue weighted by Crippen LogP contribution is 2.25. The molecule has 6 nitrogen and oxygen atoms in total. The number of para-hydroxylation sites is 2. The molecule has 1 saturated heterocycles. The second-order valence-corrected chi connectivity index (χ2v) is 6.58. The van der Waals surface area contributed by atoms with Crippen molar-refractivity contribution >= 4 is 17.1 Å². The van der Waals surface area contributed by atoms with Gasteiger partial charge in [0.1, 0.15) is 6.61 Å². The third-order valence-corrected chi connectivity index (χ3v) is 4.92. The molecule has 26 heavy (non-hydrogen) atoms. The summed E-state index contributed by atoms with van der Waals surface area (Å²) in [5, 5.41) is 0. The molecule has 0 saturated carbocycles. The van der Waals surface area contributed by atoms with Gasteiger partial charge in [-0.05, 0) is 30.5 Å². The quantitative estimate of drug-likeness (QED) is 0.787. The lowest BCUT2D eigenvalue weighted by Crippen LogP contribution is -2.40. The number of ether oxygens (including phenoxy) is 1. The van der Waals surface area contributed by atoms with E-state index >= 15 is 0 Å². The number of benzene rings is 2. The fourth-order valence-corrected chi connectivity index (χ4v) is 3.55. The van der Waals surface area contributed by atoms with Crippen molar-refractivity contribution in [1.29, 1.82) is 0 Å². The summed E-state index contributed by atoms with van der Waals surface area (Å²) in [6.07, 6.45) is 1.18. The minimum Gasteiger partial charge on any atom is -0.445 e. The van der Waals surface area contributed by atoms with E-state index in [0.29, 0.717) is 13.1 Å². The van der Waals surface area contributed by atoms with Gasteiger partial charge in [-0.2, -0.15) is 0 Å². The maximum atomic E-state index is 12.3. The van der Waals surface area contributed by atoms with E-state index in [2.05, 4.69) is 4.98 Å². The van der Waals surface area contributed by atoms with Gasteiger partial charge in [-0.15, -0.1) is 0 Å². The molecule has 134 valence electrons. The fourth-order valence-electron chi connectivity index (χ4n) is 3.55. The first-order chi connectivity index (χ1) is 12.7. The second-order valence-electron chi connectivity index (χ2n) is 6.58. The zero-order valence-electron chi connectivity index (χ0n) is 14.4. The van der Waals surface area contributed by atoms with Crippen LogP contribution in [-0.4, -0.2) is 33.6 Å². The molecule has 0 spiro atoms. The molecule has 2 heterocycles. The lowest BCUT2D eigenvalue weighted by Gasteiger charge is -2.31. The first-order valence-electron chi connectivity index (χ1n) is 8.87. The topological polar surface area (TPSA) is 67.3 Å². The van der Waals surface area contributed by atoms with Gasteiger partial charge < -0.3 is 14.6 Å². The van der Waals surface area contributed by atoms with Crippen molar-refractivity contribution in [1.82, 2.24) is 14.5 Å². The van der Waals surface area contributed by atoms with E-state index in [1.54, 1.807) is 4.90 Å². The van der Waals surface area contributed by atoms with E-state index in [0.717, 1.165) is 29.4 Å². The molecule has 1 aliphatic rings. The predicted molar refractivity (Wildman–Crippen MR) is 99.0 cm³/mol. The van der Waals surface area contributed by atoms with E-state index in [9.17, 15) is 9.59 Å². The van der Waals surface area contributed by atoms with Crippen molar-refractivity contribution in [2.24, 2.45) is 0 Å². The lowest BCUT2D eigenvalue weighted by atomic mass is 10.0. The summed E-state index contributed by atoms with van der Waals surface area (Å²) < 4.78 is 7.22. The number of hydrogen-bond acceptors (Lipinski definition) is 3. The van der Waals surface area contributed by atoms with Gasteiger partial charge in [-0.1, -0.05) is 42.5 Å². The van der Waals surface area contributed by atoms with E-state index in [1.807, 2.05) is 59.2 Å². The number of nitrogens with one attached hydrogen (secondary N) is 1. The Kier molecular flexibility index (Phi) is 4.48. The highest BCUT2D eigenvalue weighted by atomic mass is 16.6. The second kappa shape index (κ2) is 7.07. The lowest BCUT2D eigenvalue weighted by molar-refractivity contribution is 0.0832. The fraction of sp³-hybridized carbons (Fsp3) is 0.300. The molecular weight excluding hydrogens is 330 g/mol. The number of amides is 1. The van der Waals surface area contributed by atoms with Gasteiger partial charge in [0.15, 0.2) is 0 Å². The van der Waals surface area contributed by atoms with Crippen molar-refractivity contribution in [3.8, 4) is 0 Å². The van der Waals surface area contributed by atoms with Crippen LogP contribution in [0.3, 0.4) is 0 Å². The maximum Gasteiger partial charge on any atom is 0.410 e. The summed E-state index contributed by atoms with van der Waals surface area (Å²) in [6.45, 7) is 1.45. The Labute approximate surface area is 151 Å². The number of imidazole rings is 1. The Morgan fingerprint density at radius 3 is 2.50 bits per heavy atom. The summed E-state index contributed by atoms with van der Waals surface area (Å²) >= 11 is 0. The van der Waals surface area contributed by atoms with E-state index in [-0.39, 0.29) is 24.4 Å². The van der Waals surface area contributed by atoms with Gasteiger partial charge in [-0.25, -0.2) is 9.59 Å². The third-order valence-electron chi connectivity index (χ3n) is 4.92. The molecule has 0 radical (unpaired) electrons. The Morgan fingerprint density at radius 2 is 1.73 bits per heavy atom. The van der Waals surface area contributed by atoms with Gasteiger partial charge in [0.05, 0.1) is 11.0 Å². The molecule has 0 aliphatic carbocycles. The number of rotatable bonds is 3.